The molecule has 1 aliphatic heterocycles. The molecule has 0 bridgehead atoms. The highest BCUT2D eigenvalue weighted by molar-refractivity contribution is 6.00. The number of rotatable bonds is 3. The molecule has 0 radical (unpaired) electrons. The number of hydrogen-bond donors (Lipinski definition) is 1. The third-order valence-corrected chi connectivity index (χ3v) is 4.17. The number of nitrogens with zero attached hydrogens (tertiary/aromatic N) is 2. The molecule has 5 heteroatoms. The van der Waals surface area contributed by atoms with E-state index in [0.29, 0.717) is 17.8 Å². The fourth-order valence-corrected chi connectivity index (χ4v) is 2.83. The summed E-state index contributed by atoms with van der Waals surface area (Å²) in [6.07, 6.45) is 1.93. The van der Waals surface area contributed by atoms with Crippen molar-refractivity contribution in [3.05, 3.63) is 23.8 Å². The number of ether oxygens (including phenoxy) is 1. The van der Waals surface area contributed by atoms with Gasteiger partial charge >= 0.3 is 0 Å². The Morgan fingerprint density at radius 3 is 2.76 bits per heavy atom. The highest BCUT2D eigenvalue weighted by Gasteiger charge is 2.34. The molecule has 2 N–H and O–H groups in total. The standard InChI is InChI=1S/C16H25N3O2/c1-16(21-4)8-5-9-19(11-16)15(20)13-10-12(17)6-7-14(13)18(2)3/h6-7,10H,5,8-9,11,17H2,1-4H3. The zero-order valence-corrected chi connectivity index (χ0v) is 13.3. The highest BCUT2D eigenvalue weighted by atomic mass is 16.5. The SMILES string of the molecule is COC1(C)CCCN(C(=O)c2cc(N)ccc2N(C)C)C1. The van der Waals surface area contributed by atoms with E-state index in [4.69, 9.17) is 10.5 Å². The number of carbonyl (C=O) groups excluding carboxylic acids is 1. The molecule has 1 amide bonds. The van der Waals surface area contributed by atoms with Crippen LogP contribution >= 0.6 is 0 Å². The number of hydrogen-bond acceptors (Lipinski definition) is 4. The Bertz CT molecular complexity index is 530. The van der Waals surface area contributed by atoms with Gasteiger partial charge in [0.25, 0.3) is 5.91 Å². The first-order valence-electron chi connectivity index (χ1n) is 7.27. The lowest BCUT2D eigenvalue weighted by atomic mass is 9.94. The average Bonchev–Trinajstić information content (AvgIpc) is 2.46. The van der Waals surface area contributed by atoms with Gasteiger partial charge in [-0.05, 0) is 38.0 Å². The summed E-state index contributed by atoms with van der Waals surface area (Å²) in [6.45, 7) is 3.43. The fraction of sp³-hybridized carbons (Fsp3) is 0.562. The summed E-state index contributed by atoms with van der Waals surface area (Å²) < 4.78 is 5.57. The predicted molar refractivity (Wildman–Crippen MR) is 85.7 cm³/mol. The molecular weight excluding hydrogens is 266 g/mol. The minimum atomic E-state index is -0.257. The summed E-state index contributed by atoms with van der Waals surface area (Å²) in [5.74, 6) is 0.0222. The van der Waals surface area contributed by atoms with Crippen LogP contribution in [0.2, 0.25) is 0 Å². The van der Waals surface area contributed by atoms with Crippen molar-refractivity contribution in [3.8, 4) is 0 Å². The zero-order chi connectivity index (χ0) is 15.6. The van der Waals surface area contributed by atoms with Crippen molar-refractivity contribution in [3.63, 3.8) is 0 Å². The number of benzene rings is 1. The van der Waals surface area contributed by atoms with E-state index in [1.54, 1.807) is 13.2 Å². The van der Waals surface area contributed by atoms with E-state index >= 15 is 0 Å². The summed E-state index contributed by atoms with van der Waals surface area (Å²) in [6, 6.07) is 5.47. The largest absolute Gasteiger partial charge is 0.399 e. The quantitative estimate of drug-likeness (QED) is 0.865. The van der Waals surface area contributed by atoms with Gasteiger partial charge in [0.15, 0.2) is 0 Å². The molecule has 0 aromatic heterocycles. The van der Waals surface area contributed by atoms with Crippen LogP contribution in [-0.2, 0) is 4.74 Å². The van der Waals surface area contributed by atoms with Crippen molar-refractivity contribution in [1.82, 2.24) is 4.90 Å². The Morgan fingerprint density at radius 1 is 1.43 bits per heavy atom. The van der Waals surface area contributed by atoms with Gasteiger partial charge < -0.3 is 20.3 Å². The number of nitrogens with two attached hydrogens (primary N) is 1. The first-order valence-corrected chi connectivity index (χ1v) is 7.27. The smallest absolute Gasteiger partial charge is 0.256 e. The normalized spacial score (nSPS) is 22.2. The first-order chi connectivity index (χ1) is 9.86. The second-order valence-electron chi connectivity index (χ2n) is 6.16. The molecule has 21 heavy (non-hydrogen) atoms. The lowest BCUT2D eigenvalue weighted by Gasteiger charge is -2.39. The molecule has 1 aromatic carbocycles. The van der Waals surface area contributed by atoms with E-state index in [2.05, 4.69) is 6.92 Å². The van der Waals surface area contributed by atoms with Crippen LogP contribution in [0.4, 0.5) is 11.4 Å². The van der Waals surface area contributed by atoms with E-state index < -0.39 is 0 Å². The van der Waals surface area contributed by atoms with Crippen molar-refractivity contribution < 1.29 is 9.53 Å². The Balaban J connectivity index is 2.29. The molecule has 1 aliphatic rings. The van der Waals surface area contributed by atoms with E-state index in [1.165, 1.54) is 0 Å². The molecule has 1 atom stereocenters. The molecule has 2 rings (SSSR count). The summed E-state index contributed by atoms with van der Waals surface area (Å²) in [4.78, 5) is 16.7. The summed E-state index contributed by atoms with van der Waals surface area (Å²) >= 11 is 0. The van der Waals surface area contributed by atoms with Crippen LogP contribution < -0.4 is 10.6 Å². The van der Waals surface area contributed by atoms with Gasteiger partial charge in [0.1, 0.15) is 0 Å². The van der Waals surface area contributed by atoms with Crippen LogP contribution in [0.3, 0.4) is 0 Å². The summed E-state index contributed by atoms with van der Waals surface area (Å²) in [7, 11) is 5.56. The van der Waals surface area contributed by atoms with E-state index in [1.807, 2.05) is 36.0 Å². The van der Waals surface area contributed by atoms with Gasteiger partial charge in [0.05, 0.1) is 11.2 Å². The maximum Gasteiger partial charge on any atom is 0.256 e. The van der Waals surface area contributed by atoms with E-state index in [9.17, 15) is 4.79 Å². The second kappa shape index (κ2) is 5.93. The molecule has 1 heterocycles. The maximum absolute atomic E-state index is 12.9. The van der Waals surface area contributed by atoms with Crippen LogP contribution in [0, 0.1) is 0 Å². The number of nitrogen functional groups attached to an aromatic ring is 1. The van der Waals surface area contributed by atoms with Gasteiger partial charge in [0.2, 0.25) is 0 Å². The Labute approximate surface area is 126 Å². The number of carbonyl (C=O) groups is 1. The predicted octanol–water partition coefficient (Wildman–Crippen LogP) is 1.98. The molecule has 0 aliphatic carbocycles. The Hall–Kier alpha value is -1.75. The first kappa shape index (κ1) is 15.6. The van der Waals surface area contributed by atoms with Crippen LogP contribution in [0.5, 0.6) is 0 Å². The number of methoxy groups -OCH3 is 1. The lowest BCUT2D eigenvalue weighted by molar-refractivity contribution is -0.0439. The summed E-state index contributed by atoms with van der Waals surface area (Å²) in [5.41, 5.74) is 7.75. The van der Waals surface area contributed by atoms with Gasteiger partial charge in [-0.25, -0.2) is 0 Å². The molecular formula is C16H25N3O2. The minimum absolute atomic E-state index is 0.0222. The Kier molecular flexibility index (Phi) is 4.42. The van der Waals surface area contributed by atoms with Crippen LogP contribution in [0.25, 0.3) is 0 Å². The molecule has 1 fully saturated rings. The van der Waals surface area contributed by atoms with Crippen molar-refractivity contribution >= 4 is 17.3 Å². The van der Waals surface area contributed by atoms with Gasteiger partial charge in [0, 0.05) is 45.7 Å². The third kappa shape index (κ3) is 3.29. The van der Waals surface area contributed by atoms with Crippen molar-refractivity contribution in [2.45, 2.75) is 25.4 Å². The number of amides is 1. The molecule has 116 valence electrons. The topological polar surface area (TPSA) is 58.8 Å². The molecule has 5 nitrogen and oxygen atoms in total. The van der Waals surface area contributed by atoms with Crippen LogP contribution in [0.15, 0.2) is 18.2 Å². The van der Waals surface area contributed by atoms with Gasteiger partial charge in [-0.2, -0.15) is 0 Å². The van der Waals surface area contributed by atoms with Crippen LogP contribution in [-0.4, -0.2) is 50.7 Å². The number of anilines is 2. The number of piperidine rings is 1. The van der Waals surface area contributed by atoms with Gasteiger partial charge in [-0.3, -0.25) is 4.79 Å². The molecule has 1 saturated heterocycles. The van der Waals surface area contributed by atoms with Gasteiger partial charge in [-0.1, -0.05) is 0 Å². The molecule has 0 spiro atoms. The molecule has 1 aromatic rings. The van der Waals surface area contributed by atoms with Crippen molar-refractivity contribution in [2.24, 2.45) is 0 Å². The fourth-order valence-electron chi connectivity index (χ4n) is 2.83. The van der Waals surface area contributed by atoms with Crippen molar-refractivity contribution in [1.29, 1.82) is 0 Å². The molecule has 0 saturated carbocycles. The van der Waals surface area contributed by atoms with Crippen molar-refractivity contribution in [2.75, 3.05) is 44.9 Å². The van der Waals surface area contributed by atoms with E-state index in [-0.39, 0.29) is 11.5 Å². The lowest BCUT2D eigenvalue weighted by Crippen LogP contribution is -2.49. The maximum atomic E-state index is 12.9. The second-order valence-corrected chi connectivity index (χ2v) is 6.16. The minimum Gasteiger partial charge on any atom is -0.399 e. The van der Waals surface area contributed by atoms with Gasteiger partial charge in [-0.15, -0.1) is 0 Å². The zero-order valence-electron chi connectivity index (χ0n) is 13.3. The van der Waals surface area contributed by atoms with Crippen LogP contribution in [0.1, 0.15) is 30.1 Å². The molecule has 1 unspecified atom stereocenters. The Morgan fingerprint density at radius 2 is 2.14 bits per heavy atom. The summed E-state index contributed by atoms with van der Waals surface area (Å²) in [5, 5.41) is 0. The monoisotopic (exact) mass is 291 g/mol. The highest BCUT2D eigenvalue weighted by Crippen LogP contribution is 2.28. The third-order valence-electron chi connectivity index (χ3n) is 4.17. The number of likely N-dealkylation sites (tertiary alicyclic amines) is 1. The average molecular weight is 291 g/mol. The van der Waals surface area contributed by atoms with E-state index in [0.717, 1.165) is 25.1 Å².